The normalized spacial score (nSPS) is 11.6. The van der Waals surface area contributed by atoms with Gasteiger partial charge in [0.15, 0.2) is 5.16 Å². The van der Waals surface area contributed by atoms with Gasteiger partial charge in [-0.05, 0) is 35.4 Å². The lowest BCUT2D eigenvalue weighted by Gasteiger charge is -2.09. The number of rotatable bonds is 7. The van der Waals surface area contributed by atoms with Crippen molar-refractivity contribution in [1.29, 1.82) is 0 Å². The van der Waals surface area contributed by atoms with Crippen LogP contribution in [0.3, 0.4) is 0 Å². The molecule has 0 fully saturated rings. The van der Waals surface area contributed by atoms with Crippen LogP contribution in [-0.2, 0) is 25.1 Å². The largest absolute Gasteiger partial charge is 0.497 e. The fraction of sp³-hybridized carbons (Fsp3) is 0.250. The van der Waals surface area contributed by atoms with Gasteiger partial charge in [-0.25, -0.2) is 4.98 Å². The number of hydrogen-bond donors (Lipinski definition) is 1. The molecule has 0 saturated carbocycles. The Morgan fingerprint density at radius 1 is 1.04 bits per heavy atom. The second-order valence-electron chi connectivity index (χ2n) is 6.13. The summed E-state index contributed by atoms with van der Waals surface area (Å²) in [6.07, 6.45) is -2.56. The highest BCUT2D eigenvalue weighted by Crippen LogP contribution is 2.30. The summed E-state index contributed by atoms with van der Waals surface area (Å²) >= 11 is 1.41. The standard InChI is InChI=1S/C20H19F3N2O2S/c1-27-18-8-4-14(5-9-18)10-25-11-17(12-26)24-19(25)28-13-15-2-6-16(7-3-15)20(21,22)23/h2-9,11,26H,10,12-13H2,1H3. The first-order valence-electron chi connectivity index (χ1n) is 8.48. The molecule has 1 N–H and O–H groups in total. The monoisotopic (exact) mass is 408 g/mol. The highest BCUT2D eigenvalue weighted by atomic mass is 32.2. The number of hydrogen-bond acceptors (Lipinski definition) is 4. The fourth-order valence-corrected chi connectivity index (χ4v) is 3.57. The number of aromatic nitrogens is 2. The van der Waals surface area contributed by atoms with Gasteiger partial charge in [-0.2, -0.15) is 13.2 Å². The van der Waals surface area contributed by atoms with Gasteiger partial charge in [0.05, 0.1) is 25.0 Å². The molecule has 0 aliphatic rings. The van der Waals surface area contributed by atoms with E-state index in [9.17, 15) is 18.3 Å². The molecule has 1 heterocycles. The molecule has 8 heteroatoms. The summed E-state index contributed by atoms with van der Waals surface area (Å²) in [6.45, 7) is 0.385. The van der Waals surface area contributed by atoms with Crippen LogP contribution in [-0.4, -0.2) is 21.8 Å². The molecule has 0 aliphatic heterocycles. The number of imidazole rings is 1. The van der Waals surface area contributed by atoms with E-state index in [4.69, 9.17) is 4.74 Å². The highest BCUT2D eigenvalue weighted by molar-refractivity contribution is 7.98. The number of aliphatic hydroxyl groups excluding tert-OH is 1. The molecule has 0 unspecified atom stereocenters. The smallest absolute Gasteiger partial charge is 0.416 e. The lowest BCUT2D eigenvalue weighted by molar-refractivity contribution is -0.137. The van der Waals surface area contributed by atoms with Crippen molar-refractivity contribution < 1.29 is 23.0 Å². The number of methoxy groups -OCH3 is 1. The van der Waals surface area contributed by atoms with Crippen molar-refractivity contribution in [2.24, 2.45) is 0 Å². The second kappa shape index (κ2) is 8.70. The van der Waals surface area contributed by atoms with Gasteiger partial charge in [-0.3, -0.25) is 0 Å². The van der Waals surface area contributed by atoms with Crippen LogP contribution in [0.25, 0.3) is 0 Å². The first kappa shape index (κ1) is 20.3. The molecule has 4 nitrogen and oxygen atoms in total. The van der Waals surface area contributed by atoms with Crippen LogP contribution in [0.5, 0.6) is 5.75 Å². The number of aliphatic hydroxyl groups is 1. The minimum Gasteiger partial charge on any atom is -0.497 e. The fourth-order valence-electron chi connectivity index (χ4n) is 2.62. The van der Waals surface area contributed by atoms with E-state index in [-0.39, 0.29) is 6.61 Å². The summed E-state index contributed by atoms with van der Waals surface area (Å²) in [7, 11) is 1.61. The minimum atomic E-state index is -4.34. The van der Waals surface area contributed by atoms with E-state index in [2.05, 4.69) is 4.98 Å². The van der Waals surface area contributed by atoms with Gasteiger partial charge in [0.1, 0.15) is 5.75 Å². The first-order valence-corrected chi connectivity index (χ1v) is 9.46. The Bertz CT molecular complexity index is 907. The molecule has 0 aliphatic carbocycles. The summed E-state index contributed by atoms with van der Waals surface area (Å²) < 4.78 is 45.1. The summed E-state index contributed by atoms with van der Waals surface area (Å²) in [5, 5.41) is 10.1. The topological polar surface area (TPSA) is 47.3 Å². The molecule has 0 amide bonds. The summed E-state index contributed by atoms with van der Waals surface area (Å²) in [6, 6.07) is 12.7. The molecule has 0 radical (unpaired) electrons. The van der Waals surface area contributed by atoms with Crippen LogP contribution >= 0.6 is 11.8 Å². The SMILES string of the molecule is COc1ccc(Cn2cc(CO)nc2SCc2ccc(C(F)(F)F)cc2)cc1. The van der Waals surface area contributed by atoms with Crippen molar-refractivity contribution >= 4 is 11.8 Å². The maximum atomic E-state index is 12.7. The van der Waals surface area contributed by atoms with Gasteiger partial charge in [-0.15, -0.1) is 0 Å². The average molecular weight is 408 g/mol. The van der Waals surface area contributed by atoms with E-state index in [1.54, 1.807) is 13.3 Å². The Morgan fingerprint density at radius 3 is 2.25 bits per heavy atom. The highest BCUT2D eigenvalue weighted by Gasteiger charge is 2.29. The van der Waals surface area contributed by atoms with Gasteiger partial charge in [0.2, 0.25) is 0 Å². The Labute approximate surface area is 165 Å². The number of benzene rings is 2. The zero-order valence-corrected chi connectivity index (χ0v) is 15.9. The molecule has 3 aromatic rings. The molecule has 2 aromatic carbocycles. The number of nitrogens with zero attached hydrogens (tertiary/aromatic N) is 2. The molecule has 28 heavy (non-hydrogen) atoms. The van der Waals surface area contributed by atoms with Gasteiger partial charge in [0.25, 0.3) is 0 Å². The van der Waals surface area contributed by atoms with Crippen LogP contribution in [0.2, 0.25) is 0 Å². The average Bonchev–Trinajstić information content (AvgIpc) is 3.08. The Morgan fingerprint density at radius 2 is 1.68 bits per heavy atom. The number of thioether (sulfide) groups is 1. The Balaban J connectivity index is 1.71. The Kier molecular flexibility index (Phi) is 6.31. The van der Waals surface area contributed by atoms with Crippen LogP contribution in [0, 0.1) is 0 Å². The number of alkyl halides is 3. The molecule has 0 atom stereocenters. The molecule has 0 bridgehead atoms. The van der Waals surface area contributed by atoms with Gasteiger partial charge in [-0.1, -0.05) is 36.0 Å². The molecular weight excluding hydrogens is 389 g/mol. The maximum absolute atomic E-state index is 12.7. The third kappa shape index (κ3) is 5.08. The Hall–Kier alpha value is -2.45. The van der Waals surface area contributed by atoms with Gasteiger partial charge < -0.3 is 14.4 Å². The summed E-state index contributed by atoms with van der Waals surface area (Å²) in [4.78, 5) is 4.40. The van der Waals surface area contributed by atoms with E-state index in [0.29, 0.717) is 23.1 Å². The third-order valence-corrected chi connectivity index (χ3v) is 5.17. The van der Waals surface area contributed by atoms with Crippen molar-refractivity contribution in [2.75, 3.05) is 7.11 Å². The molecule has 3 rings (SSSR count). The summed E-state index contributed by atoms with van der Waals surface area (Å²) in [5.74, 6) is 1.24. The van der Waals surface area contributed by atoms with Crippen LogP contribution in [0.4, 0.5) is 13.2 Å². The first-order chi connectivity index (χ1) is 13.4. The molecular formula is C20H19F3N2O2S. The second-order valence-corrected chi connectivity index (χ2v) is 7.07. The van der Waals surface area contributed by atoms with E-state index in [0.717, 1.165) is 29.0 Å². The predicted molar refractivity (Wildman–Crippen MR) is 101 cm³/mol. The van der Waals surface area contributed by atoms with Crippen molar-refractivity contribution in [2.45, 2.75) is 30.2 Å². The van der Waals surface area contributed by atoms with Crippen LogP contribution in [0.1, 0.15) is 22.4 Å². The van der Waals surface area contributed by atoms with Crippen molar-refractivity contribution in [1.82, 2.24) is 9.55 Å². The molecule has 0 spiro atoms. The van der Waals surface area contributed by atoms with E-state index in [1.165, 1.54) is 23.9 Å². The van der Waals surface area contributed by atoms with Crippen molar-refractivity contribution in [3.05, 3.63) is 77.1 Å². The lowest BCUT2D eigenvalue weighted by Crippen LogP contribution is -2.04. The van der Waals surface area contributed by atoms with E-state index in [1.807, 2.05) is 28.8 Å². The van der Waals surface area contributed by atoms with Crippen LogP contribution < -0.4 is 4.74 Å². The minimum absolute atomic E-state index is 0.177. The van der Waals surface area contributed by atoms with Crippen LogP contribution in [0.15, 0.2) is 59.9 Å². The van der Waals surface area contributed by atoms with Crippen molar-refractivity contribution in [3.63, 3.8) is 0 Å². The van der Waals surface area contributed by atoms with E-state index < -0.39 is 11.7 Å². The summed E-state index contributed by atoms with van der Waals surface area (Å²) in [5.41, 5.74) is 1.69. The molecule has 0 saturated heterocycles. The predicted octanol–water partition coefficient (Wildman–Crippen LogP) is 4.74. The molecule has 148 valence electrons. The van der Waals surface area contributed by atoms with Gasteiger partial charge >= 0.3 is 6.18 Å². The van der Waals surface area contributed by atoms with Crippen molar-refractivity contribution in [3.8, 4) is 5.75 Å². The number of halogens is 3. The zero-order valence-electron chi connectivity index (χ0n) is 15.1. The van der Waals surface area contributed by atoms with Gasteiger partial charge in [0, 0.05) is 18.5 Å². The lowest BCUT2D eigenvalue weighted by atomic mass is 10.1. The van der Waals surface area contributed by atoms with E-state index >= 15 is 0 Å². The number of ether oxygens (including phenoxy) is 1. The zero-order chi connectivity index (χ0) is 20.1. The quantitative estimate of drug-likeness (QED) is 0.574. The maximum Gasteiger partial charge on any atom is 0.416 e. The molecule has 1 aromatic heterocycles. The third-order valence-electron chi connectivity index (χ3n) is 4.11.